The molecular formula is C34H38N2O7. The van der Waals surface area contributed by atoms with E-state index >= 15 is 0 Å². The Kier molecular flexibility index (Phi) is 10.7. The van der Waals surface area contributed by atoms with Crippen molar-refractivity contribution in [2.24, 2.45) is 5.92 Å². The van der Waals surface area contributed by atoms with Gasteiger partial charge in [0.1, 0.15) is 18.0 Å². The van der Waals surface area contributed by atoms with E-state index in [0.29, 0.717) is 18.8 Å². The highest BCUT2D eigenvalue weighted by Gasteiger charge is 2.50. The molecule has 226 valence electrons. The van der Waals surface area contributed by atoms with Gasteiger partial charge in [0.25, 0.3) is 0 Å². The summed E-state index contributed by atoms with van der Waals surface area (Å²) in [4.78, 5) is 52.8. The van der Waals surface area contributed by atoms with Gasteiger partial charge in [-0.25, -0.2) is 4.79 Å². The van der Waals surface area contributed by atoms with Crippen LogP contribution in [0.4, 0.5) is 4.79 Å². The van der Waals surface area contributed by atoms with Gasteiger partial charge in [-0.1, -0.05) is 72.8 Å². The van der Waals surface area contributed by atoms with Crippen LogP contribution in [0.25, 0.3) is 0 Å². The molecule has 1 fully saturated rings. The fraction of sp³-hybridized carbons (Fsp3) is 0.353. The average molecular weight is 587 g/mol. The van der Waals surface area contributed by atoms with Gasteiger partial charge in [-0.2, -0.15) is 0 Å². The Morgan fingerprint density at radius 2 is 1.42 bits per heavy atom. The molecule has 1 aliphatic rings. The highest BCUT2D eigenvalue weighted by Crippen LogP contribution is 2.29. The highest BCUT2D eigenvalue weighted by molar-refractivity contribution is 5.98. The molecule has 4 rings (SSSR count). The Morgan fingerprint density at radius 3 is 2.00 bits per heavy atom. The van der Waals surface area contributed by atoms with E-state index in [1.54, 1.807) is 33.1 Å². The molecule has 4 atom stereocenters. The molecule has 0 saturated carbocycles. The number of ketones is 2. The van der Waals surface area contributed by atoms with Crippen molar-refractivity contribution in [3.8, 4) is 5.75 Å². The maximum Gasteiger partial charge on any atom is 0.408 e. The molecule has 1 heterocycles. The molecule has 2 N–H and O–H groups in total. The van der Waals surface area contributed by atoms with Gasteiger partial charge in [0.2, 0.25) is 5.91 Å². The molecule has 1 aliphatic heterocycles. The van der Waals surface area contributed by atoms with Gasteiger partial charge in [0.05, 0.1) is 25.8 Å². The van der Waals surface area contributed by atoms with E-state index in [2.05, 4.69) is 10.6 Å². The molecule has 3 aromatic rings. The van der Waals surface area contributed by atoms with E-state index in [0.717, 1.165) is 16.7 Å². The summed E-state index contributed by atoms with van der Waals surface area (Å²) in [6.45, 7) is 3.63. The van der Waals surface area contributed by atoms with Crippen molar-refractivity contribution in [2.75, 3.05) is 13.7 Å². The van der Waals surface area contributed by atoms with Crippen LogP contribution in [0.2, 0.25) is 0 Å². The summed E-state index contributed by atoms with van der Waals surface area (Å²) in [6.07, 6.45) is -0.351. The Bertz CT molecular complexity index is 1390. The SMILES string of the molecule is COc1ccc(CC(CC(=O)[C@H](C)NC(=O)OCc2ccccc2)C(=O)NC(Cc2ccccc2)C(=O)[C@@]2(C)CO2)cc1. The molecular weight excluding hydrogens is 548 g/mol. The van der Waals surface area contributed by atoms with Crippen molar-refractivity contribution < 1.29 is 33.4 Å². The standard InChI is InChI=1S/C34H38N2O7/c1-23(35-33(40)42-21-26-12-8-5-9-13-26)30(37)20-27(18-25-14-16-28(41-3)17-15-25)32(39)36-29(31(38)34(2)22-43-34)19-24-10-6-4-7-11-24/h4-17,23,27,29H,18-22H2,1-3H3,(H,35,40)(H,36,39)/t23-,27?,29?,34+/m0/s1. The first-order valence-electron chi connectivity index (χ1n) is 14.3. The molecule has 2 amide bonds. The van der Waals surface area contributed by atoms with Crippen LogP contribution in [0.1, 0.15) is 37.0 Å². The van der Waals surface area contributed by atoms with Crippen molar-refractivity contribution >= 4 is 23.6 Å². The smallest absolute Gasteiger partial charge is 0.408 e. The highest BCUT2D eigenvalue weighted by atomic mass is 16.6. The Hall–Kier alpha value is -4.50. The van der Waals surface area contributed by atoms with Crippen molar-refractivity contribution in [3.63, 3.8) is 0 Å². The summed E-state index contributed by atoms with van der Waals surface area (Å²) >= 11 is 0. The van der Waals surface area contributed by atoms with E-state index in [1.807, 2.05) is 72.8 Å². The molecule has 0 aliphatic carbocycles. The number of rotatable bonds is 15. The van der Waals surface area contributed by atoms with Crippen molar-refractivity contribution in [1.29, 1.82) is 0 Å². The number of Topliss-reactive ketones (excluding diaryl/α,β-unsaturated/α-hetero) is 2. The first-order valence-corrected chi connectivity index (χ1v) is 14.3. The minimum Gasteiger partial charge on any atom is -0.497 e. The number of alkyl carbamates (subject to hydrolysis) is 1. The van der Waals surface area contributed by atoms with Gasteiger partial charge in [-0.05, 0) is 55.5 Å². The monoisotopic (exact) mass is 586 g/mol. The molecule has 9 nitrogen and oxygen atoms in total. The number of nitrogens with one attached hydrogen (secondary N) is 2. The van der Waals surface area contributed by atoms with Gasteiger partial charge < -0.3 is 24.8 Å². The Labute approximate surface area is 251 Å². The fourth-order valence-corrected chi connectivity index (χ4v) is 4.71. The fourth-order valence-electron chi connectivity index (χ4n) is 4.71. The van der Waals surface area contributed by atoms with Gasteiger partial charge in [-0.3, -0.25) is 14.4 Å². The normalized spacial score (nSPS) is 17.6. The average Bonchev–Trinajstić information content (AvgIpc) is 3.78. The lowest BCUT2D eigenvalue weighted by Gasteiger charge is -2.24. The minimum atomic E-state index is -0.938. The van der Waals surface area contributed by atoms with E-state index in [4.69, 9.17) is 14.2 Å². The third kappa shape index (κ3) is 9.24. The number of amides is 2. The van der Waals surface area contributed by atoms with Crippen molar-refractivity contribution in [2.45, 2.75) is 57.4 Å². The third-order valence-electron chi connectivity index (χ3n) is 7.50. The van der Waals surface area contributed by atoms with Crippen LogP contribution < -0.4 is 15.4 Å². The van der Waals surface area contributed by atoms with Gasteiger partial charge in [0, 0.05) is 12.3 Å². The summed E-state index contributed by atoms with van der Waals surface area (Å²) in [6, 6.07) is 24.1. The van der Waals surface area contributed by atoms with Crippen LogP contribution in [0.15, 0.2) is 84.9 Å². The van der Waals surface area contributed by atoms with E-state index < -0.39 is 35.6 Å². The van der Waals surface area contributed by atoms with Crippen molar-refractivity contribution in [1.82, 2.24) is 10.6 Å². The summed E-state index contributed by atoms with van der Waals surface area (Å²) in [5, 5.41) is 5.48. The van der Waals surface area contributed by atoms with Crippen LogP contribution >= 0.6 is 0 Å². The molecule has 2 unspecified atom stereocenters. The van der Waals surface area contributed by atoms with E-state index in [1.165, 1.54) is 0 Å². The number of hydrogen-bond donors (Lipinski definition) is 2. The minimum absolute atomic E-state index is 0.0650. The lowest BCUT2D eigenvalue weighted by Crippen LogP contribution is -2.50. The maximum absolute atomic E-state index is 13.8. The number of hydrogen-bond acceptors (Lipinski definition) is 7. The second kappa shape index (κ2) is 14.6. The molecule has 0 bridgehead atoms. The number of methoxy groups -OCH3 is 1. The number of epoxide rings is 1. The molecule has 3 aromatic carbocycles. The first kappa shape index (κ1) is 31.4. The van der Waals surface area contributed by atoms with Crippen LogP contribution in [0.3, 0.4) is 0 Å². The topological polar surface area (TPSA) is 123 Å². The quantitative estimate of drug-likeness (QED) is 0.256. The number of ether oxygens (including phenoxy) is 3. The lowest BCUT2D eigenvalue weighted by molar-refractivity contribution is -0.134. The second-order valence-corrected chi connectivity index (χ2v) is 11.0. The molecule has 1 saturated heterocycles. The molecule has 0 radical (unpaired) electrons. The number of carbonyl (C=O) groups excluding carboxylic acids is 4. The summed E-state index contributed by atoms with van der Waals surface area (Å²) in [5.41, 5.74) is 1.59. The molecule has 43 heavy (non-hydrogen) atoms. The van der Waals surface area contributed by atoms with E-state index in [-0.39, 0.29) is 31.0 Å². The Morgan fingerprint density at radius 1 is 0.837 bits per heavy atom. The first-order chi connectivity index (χ1) is 20.7. The summed E-state index contributed by atoms with van der Waals surface area (Å²) in [7, 11) is 1.57. The van der Waals surface area contributed by atoms with Crippen LogP contribution in [-0.2, 0) is 43.3 Å². The molecule has 0 aromatic heterocycles. The Balaban J connectivity index is 1.45. The van der Waals surface area contributed by atoms with Crippen molar-refractivity contribution in [3.05, 3.63) is 102 Å². The van der Waals surface area contributed by atoms with Crippen LogP contribution in [0.5, 0.6) is 5.75 Å². The zero-order chi connectivity index (χ0) is 30.8. The largest absolute Gasteiger partial charge is 0.497 e. The van der Waals surface area contributed by atoms with Gasteiger partial charge in [0.15, 0.2) is 11.6 Å². The summed E-state index contributed by atoms with van der Waals surface area (Å²) in [5.74, 6) is -1.12. The molecule has 0 spiro atoms. The van der Waals surface area contributed by atoms with Gasteiger partial charge >= 0.3 is 6.09 Å². The van der Waals surface area contributed by atoms with E-state index in [9.17, 15) is 19.2 Å². The third-order valence-corrected chi connectivity index (χ3v) is 7.50. The predicted molar refractivity (Wildman–Crippen MR) is 160 cm³/mol. The van der Waals surface area contributed by atoms with Gasteiger partial charge in [-0.15, -0.1) is 0 Å². The molecule has 9 heteroatoms. The second-order valence-electron chi connectivity index (χ2n) is 11.0. The summed E-state index contributed by atoms with van der Waals surface area (Å²) < 4.78 is 15.9. The van der Waals surface area contributed by atoms with Crippen LogP contribution in [0, 0.1) is 5.92 Å². The number of carbonyl (C=O) groups is 4. The number of benzene rings is 3. The zero-order valence-corrected chi connectivity index (χ0v) is 24.7. The maximum atomic E-state index is 13.8. The predicted octanol–water partition coefficient (Wildman–Crippen LogP) is 4.21. The van der Waals surface area contributed by atoms with Crippen LogP contribution in [-0.4, -0.2) is 55.0 Å². The zero-order valence-electron chi connectivity index (χ0n) is 24.7. The lowest BCUT2D eigenvalue weighted by atomic mass is 9.90.